The third-order valence-corrected chi connectivity index (χ3v) is 2.78. The molecule has 0 atom stereocenters. The zero-order valence-electron chi connectivity index (χ0n) is 11.5. The summed E-state index contributed by atoms with van der Waals surface area (Å²) in [5.74, 6) is -0.521. The zero-order valence-corrected chi connectivity index (χ0v) is 11.5. The Morgan fingerprint density at radius 2 is 2.20 bits per heavy atom. The molecule has 0 aromatic heterocycles. The van der Waals surface area contributed by atoms with Gasteiger partial charge in [0.2, 0.25) is 0 Å². The number of halogens is 2. The maximum atomic E-state index is 13.3. The van der Waals surface area contributed by atoms with Crippen LogP contribution < -0.4 is 15.4 Å². The largest absolute Gasteiger partial charge is 0.489 e. The number of benzene rings is 1. The Morgan fingerprint density at radius 3 is 2.85 bits per heavy atom. The van der Waals surface area contributed by atoms with E-state index >= 15 is 0 Å². The van der Waals surface area contributed by atoms with E-state index in [0.29, 0.717) is 12.6 Å². The van der Waals surface area contributed by atoms with Gasteiger partial charge in [-0.25, -0.2) is 13.8 Å². The van der Waals surface area contributed by atoms with Crippen molar-refractivity contribution in [2.45, 2.75) is 25.8 Å². The number of aliphatic imine (C=N–C) groups is 1. The van der Waals surface area contributed by atoms with Crippen LogP contribution in [0, 0.1) is 11.6 Å². The lowest BCUT2D eigenvalue weighted by atomic mass is 10.3. The predicted octanol–water partition coefficient (Wildman–Crippen LogP) is 2.06. The first-order valence-corrected chi connectivity index (χ1v) is 6.81. The molecule has 1 aromatic carbocycles. The van der Waals surface area contributed by atoms with E-state index in [1.807, 2.05) is 6.92 Å². The minimum absolute atomic E-state index is 0.0433. The van der Waals surface area contributed by atoms with Gasteiger partial charge in [-0.05, 0) is 31.9 Å². The van der Waals surface area contributed by atoms with E-state index in [2.05, 4.69) is 15.6 Å². The summed E-state index contributed by atoms with van der Waals surface area (Å²) in [6.45, 7) is 3.42. The number of guanidine groups is 1. The van der Waals surface area contributed by atoms with Gasteiger partial charge >= 0.3 is 0 Å². The summed E-state index contributed by atoms with van der Waals surface area (Å²) in [4.78, 5) is 4.33. The first-order valence-electron chi connectivity index (χ1n) is 6.81. The molecule has 1 saturated carbocycles. The summed E-state index contributed by atoms with van der Waals surface area (Å²) in [5.41, 5.74) is 0. The first-order chi connectivity index (χ1) is 9.69. The Kier molecular flexibility index (Phi) is 5.15. The van der Waals surface area contributed by atoms with Gasteiger partial charge in [0.15, 0.2) is 17.5 Å². The van der Waals surface area contributed by atoms with Crippen LogP contribution in [0.4, 0.5) is 8.78 Å². The van der Waals surface area contributed by atoms with Crippen LogP contribution in [0.15, 0.2) is 23.2 Å². The monoisotopic (exact) mass is 283 g/mol. The van der Waals surface area contributed by atoms with Gasteiger partial charge in [0.05, 0.1) is 6.54 Å². The van der Waals surface area contributed by atoms with Crippen molar-refractivity contribution >= 4 is 5.96 Å². The lowest BCUT2D eigenvalue weighted by Gasteiger charge is -2.10. The summed E-state index contributed by atoms with van der Waals surface area (Å²) in [6, 6.07) is 3.77. The fourth-order valence-corrected chi connectivity index (χ4v) is 1.65. The van der Waals surface area contributed by atoms with Crippen LogP contribution in [0.25, 0.3) is 0 Å². The van der Waals surface area contributed by atoms with Crippen molar-refractivity contribution in [3.8, 4) is 5.75 Å². The Bertz CT molecular complexity index is 475. The van der Waals surface area contributed by atoms with Crippen molar-refractivity contribution in [1.29, 1.82) is 0 Å². The molecule has 0 saturated heterocycles. The molecule has 1 aliphatic rings. The molecular weight excluding hydrogens is 264 g/mol. The summed E-state index contributed by atoms with van der Waals surface area (Å²) < 4.78 is 31.3. The standard InChI is InChI=1S/C14H19F2N3O/c1-2-17-14(19-11-4-5-11)18-7-8-20-13-6-3-10(15)9-12(13)16/h3,6,9,11H,2,4-5,7-8H2,1H3,(H2,17,18,19). The summed E-state index contributed by atoms with van der Waals surface area (Å²) >= 11 is 0. The number of nitrogens with one attached hydrogen (secondary N) is 2. The highest BCUT2D eigenvalue weighted by Gasteiger charge is 2.21. The SMILES string of the molecule is CCNC(=NCCOc1ccc(F)cc1F)NC1CC1. The molecule has 110 valence electrons. The summed E-state index contributed by atoms with van der Waals surface area (Å²) in [5, 5.41) is 6.40. The molecule has 1 fully saturated rings. The molecule has 0 radical (unpaired) electrons. The molecule has 0 amide bonds. The van der Waals surface area contributed by atoms with Gasteiger partial charge < -0.3 is 15.4 Å². The maximum Gasteiger partial charge on any atom is 0.191 e. The number of hydrogen-bond acceptors (Lipinski definition) is 2. The van der Waals surface area contributed by atoms with Crippen molar-refractivity contribution in [3.05, 3.63) is 29.8 Å². The van der Waals surface area contributed by atoms with Crippen molar-refractivity contribution in [1.82, 2.24) is 10.6 Å². The number of hydrogen-bond donors (Lipinski definition) is 2. The van der Waals surface area contributed by atoms with Gasteiger partial charge in [0.25, 0.3) is 0 Å². The predicted molar refractivity (Wildman–Crippen MR) is 74.0 cm³/mol. The Labute approximate surface area is 117 Å². The smallest absolute Gasteiger partial charge is 0.191 e. The molecule has 1 aromatic rings. The van der Waals surface area contributed by atoms with E-state index in [1.165, 1.54) is 25.0 Å². The van der Waals surface area contributed by atoms with Crippen LogP contribution in [0.1, 0.15) is 19.8 Å². The van der Waals surface area contributed by atoms with Crippen LogP contribution >= 0.6 is 0 Å². The van der Waals surface area contributed by atoms with E-state index in [0.717, 1.165) is 18.6 Å². The molecule has 1 aliphatic carbocycles. The normalized spacial score (nSPS) is 15.1. The summed E-state index contributed by atoms with van der Waals surface area (Å²) in [6.07, 6.45) is 2.34. The molecule has 4 nitrogen and oxygen atoms in total. The quantitative estimate of drug-likeness (QED) is 0.477. The van der Waals surface area contributed by atoms with E-state index in [-0.39, 0.29) is 12.4 Å². The van der Waals surface area contributed by atoms with Gasteiger partial charge in [-0.2, -0.15) is 0 Å². The minimum Gasteiger partial charge on any atom is -0.489 e. The zero-order chi connectivity index (χ0) is 14.4. The van der Waals surface area contributed by atoms with Crippen LogP contribution in [-0.2, 0) is 0 Å². The molecule has 2 rings (SSSR count). The van der Waals surface area contributed by atoms with Gasteiger partial charge in [0, 0.05) is 18.7 Å². The first kappa shape index (κ1) is 14.6. The minimum atomic E-state index is -0.697. The second-order valence-corrected chi connectivity index (χ2v) is 4.60. The fourth-order valence-electron chi connectivity index (χ4n) is 1.65. The molecular formula is C14H19F2N3O. The molecule has 0 spiro atoms. The molecule has 20 heavy (non-hydrogen) atoms. The Morgan fingerprint density at radius 1 is 1.40 bits per heavy atom. The van der Waals surface area contributed by atoms with Gasteiger partial charge in [0.1, 0.15) is 12.4 Å². The third-order valence-electron chi connectivity index (χ3n) is 2.78. The van der Waals surface area contributed by atoms with Crippen molar-refractivity contribution < 1.29 is 13.5 Å². The molecule has 0 aliphatic heterocycles. The van der Waals surface area contributed by atoms with E-state index in [4.69, 9.17) is 4.74 Å². The second-order valence-electron chi connectivity index (χ2n) is 4.60. The van der Waals surface area contributed by atoms with Crippen molar-refractivity contribution in [2.24, 2.45) is 4.99 Å². The van der Waals surface area contributed by atoms with Crippen LogP contribution in [0.5, 0.6) is 5.75 Å². The Balaban J connectivity index is 1.78. The highest BCUT2D eigenvalue weighted by Crippen LogP contribution is 2.18. The molecule has 0 unspecified atom stereocenters. The lowest BCUT2D eigenvalue weighted by molar-refractivity contribution is 0.310. The van der Waals surface area contributed by atoms with Crippen LogP contribution in [0.3, 0.4) is 0 Å². The Hall–Kier alpha value is -1.85. The topological polar surface area (TPSA) is 45.7 Å². The average Bonchev–Trinajstić information content (AvgIpc) is 3.20. The van der Waals surface area contributed by atoms with Crippen LogP contribution in [0.2, 0.25) is 0 Å². The second kappa shape index (κ2) is 7.07. The fraction of sp³-hybridized carbons (Fsp3) is 0.500. The maximum absolute atomic E-state index is 13.3. The highest BCUT2D eigenvalue weighted by molar-refractivity contribution is 5.80. The molecule has 6 heteroatoms. The van der Waals surface area contributed by atoms with E-state index in [9.17, 15) is 8.78 Å². The number of rotatable bonds is 6. The van der Waals surface area contributed by atoms with Crippen LogP contribution in [-0.4, -0.2) is 31.7 Å². The molecule has 0 bridgehead atoms. The van der Waals surface area contributed by atoms with Crippen molar-refractivity contribution in [3.63, 3.8) is 0 Å². The van der Waals surface area contributed by atoms with E-state index < -0.39 is 11.6 Å². The van der Waals surface area contributed by atoms with Gasteiger partial charge in [-0.15, -0.1) is 0 Å². The third kappa shape index (κ3) is 4.68. The molecule has 2 N–H and O–H groups in total. The van der Waals surface area contributed by atoms with Gasteiger partial charge in [-0.1, -0.05) is 0 Å². The van der Waals surface area contributed by atoms with E-state index in [1.54, 1.807) is 0 Å². The number of nitrogens with zero attached hydrogens (tertiary/aromatic N) is 1. The summed E-state index contributed by atoms with van der Waals surface area (Å²) in [7, 11) is 0. The highest BCUT2D eigenvalue weighted by atomic mass is 19.1. The van der Waals surface area contributed by atoms with Crippen molar-refractivity contribution in [2.75, 3.05) is 19.7 Å². The lowest BCUT2D eigenvalue weighted by Crippen LogP contribution is -2.38. The molecule has 0 heterocycles. The average molecular weight is 283 g/mol. The van der Waals surface area contributed by atoms with Gasteiger partial charge in [-0.3, -0.25) is 0 Å². The number of ether oxygens (including phenoxy) is 1.